The number of carbonyl (C=O) groups is 1. The van der Waals surface area contributed by atoms with E-state index in [9.17, 15) is 4.79 Å². The molecule has 0 fully saturated rings. The highest BCUT2D eigenvalue weighted by Crippen LogP contribution is 2.01. The van der Waals surface area contributed by atoms with Crippen molar-refractivity contribution in [2.75, 3.05) is 6.54 Å². The average molecular weight is 193 g/mol. The molecule has 0 saturated carbocycles. The molecule has 0 aliphatic heterocycles. The van der Waals surface area contributed by atoms with Gasteiger partial charge in [0, 0.05) is 25.0 Å². The van der Waals surface area contributed by atoms with Crippen molar-refractivity contribution in [1.29, 1.82) is 0 Å². The van der Waals surface area contributed by atoms with Crippen LogP contribution in [-0.4, -0.2) is 23.5 Å². The molecule has 1 heterocycles. The molecule has 0 bridgehead atoms. The summed E-state index contributed by atoms with van der Waals surface area (Å²) in [7, 11) is 0. The van der Waals surface area contributed by atoms with Gasteiger partial charge in [-0.2, -0.15) is 0 Å². The zero-order valence-corrected chi connectivity index (χ0v) is 8.45. The summed E-state index contributed by atoms with van der Waals surface area (Å²) >= 11 is 0. The van der Waals surface area contributed by atoms with Gasteiger partial charge < -0.3 is 11.1 Å². The number of hydrogen-bond acceptors (Lipinski definition) is 3. The molecule has 0 aromatic carbocycles. The molecule has 0 spiro atoms. The predicted octanol–water partition coefficient (Wildman–Crippen LogP) is 0.467. The van der Waals surface area contributed by atoms with Gasteiger partial charge in [-0.3, -0.25) is 9.78 Å². The van der Waals surface area contributed by atoms with E-state index in [-0.39, 0.29) is 11.9 Å². The third-order valence-electron chi connectivity index (χ3n) is 1.87. The molecule has 0 unspecified atom stereocenters. The summed E-state index contributed by atoms with van der Waals surface area (Å²) in [4.78, 5) is 15.5. The summed E-state index contributed by atoms with van der Waals surface area (Å²) in [5.74, 6) is -0.126. The quantitative estimate of drug-likeness (QED) is 0.733. The van der Waals surface area contributed by atoms with E-state index in [0.29, 0.717) is 12.1 Å². The maximum absolute atomic E-state index is 11.6. The average Bonchev–Trinajstić information content (AvgIpc) is 2.17. The number of aryl methyl sites for hydroxylation is 1. The van der Waals surface area contributed by atoms with Gasteiger partial charge in [-0.15, -0.1) is 0 Å². The molecular formula is C10H15N3O. The Labute approximate surface area is 83.5 Å². The number of nitrogens with zero attached hydrogens (tertiary/aromatic N) is 1. The third-order valence-corrected chi connectivity index (χ3v) is 1.87. The maximum Gasteiger partial charge on any atom is 0.253 e. The summed E-state index contributed by atoms with van der Waals surface area (Å²) < 4.78 is 0. The first-order chi connectivity index (χ1) is 6.63. The lowest BCUT2D eigenvalue weighted by molar-refractivity contribution is 0.0941. The molecule has 1 aromatic rings. The van der Waals surface area contributed by atoms with E-state index in [1.165, 1.54) is 0 Å². The number of hydrogen-bond donors (Lipinski definition) is 2. The second-order valence-electron chi connectivity index (χ2n) is 3.36. The van der Waals surface area contributed by atoms with Crippen LogP contribution in [0.2, 0.25) is 0 Å². The highest BCUT2D eigenvalue weighted by Gasteiger charge is 2.08. The molecule has 1 atom stereocenters. The Morgan fingerprint density at radius 1 is 1.64 bits per heavy atom. The van der Waals surface area contributed by atoms with E-state index < -0.39 is 0 Å². The normalized spacial score (nSPS) is 12.2. The van der Waals surface area contributed by atoms with Crippen molar-refractivity contribution in [2.45, 2.75) is 19.9 Å². The molecule has 14 heavy (non-hydrogen) atoms. The standard InChI is InChI=1S/C10H15N3O/c1-7-3-9(6-12-5-7)10(14)13-8(2)4-11/h3,5-6,8H,4,11H2,1-2H3,(H,13,14)/t8-/m1/s1. The number of rotatable bonds is 3. The highest BCUT2D eigenvalue weighted by atomic mass is 16.1. The van der Waals surface area contributed by atoms with Crippen molar-refractivity contribution < 1.29 is 4.79 Å². The molecule has 1 amide bonds. The van der Waals surface area contributed by atoms with Crippen LogP contribution >= 0.6 is 0 Å². The van der Waals surface area contributed by atoms with Crippen LogP contribution in [0.3, 0.4) is 0 Å². The van der Waals surface area contributed by atoms with Gasteiger partial charge >= 0.3 is 0 Å². The second kappa shape index (κ2) is 4.72. The zero-order chi connectivity index (χ0) is 10.6. The summed E-state index contributed by atoms with van der Waals surface area (Å²) in [6.45, 7) is 4.20. The van der Waals surface area contributed by atoms with Crippen molar-refractivity contribution in [3.63, 3.8) is 0 Å². The highest BCUT2D eigenvalue weighted by molar-refractivity contribution is 5.94. The Balaban J connectivity index is 2.70. The summed E-state index contributed by atoms with van der Waals surface area (Å²) in [5.41, 5.74) is 6.94. The summed E-state index contributed by atoms with van der Waals surface area (Å²) in [5, 5.41) is 2.77. The Morgan fingerprint density at radius 3 is 2.93 bits per heavy atom. The van der Waals surface area contributed by atoms with Gasteiger partial charge in [0.2, 0.25) is 0 Å². The molecule has 0 radical (unpaired) electrons. The van der Waals surface area contributed by atoms with E-state index in [4.69, 9.17) is 5.73 Å². The molecule has 1 rings (SSSR count). The van der Waals surface area contributed by atoms with Crippen LogP contribution in [0.5, 0.6) is 0 Å². The van der Waals surface area contributed by atoms with Crippen LogP contribution in [0.4, 0.5) is 0 Å². The van der Waals surface area contributed by atoms with Crippen LogP contribution in [0, 0.1) is 6.92 Å². The first-order valence-electron chi connectivity index (χ1n) is 4.56. The first-order valence-corrected chi connectivity index (χ1v) is 4.56. The van der Waals surface area contributed by atoms with Gasteiger partial charge in [0.25, 0.3) is 5.91 Å². The molecule has 0 aliphatic carbocycles. The predicted molar refractivity (Wildman–Crippen MR) is 55.0 cm³/mol. The largest absolute Gasteiger partial charge is 0.348 e. The van der Waals surface area contributed by atoms with E-state index in [2.05, 4.69) is 10.3 Å². The fourth-order valence-electron chi connectivity index (χ4n) is 1.05. The van der Waals surface area contributed by atoms with Gasteiger partial charge in [-0.1, -0.05) is 0 Å². The molecule has 3 N–H and O–H groups in total. The van der Waals surface area contributed by atoms with Crippen LogP contribution in [0.25, 0.3) is 0 Å². The van der Waals surface area contributed by atoms with Gasteiger partial charge in [-0.05, 0) is 25.5 Å². The number of aromatic nitrogens is 1. The number of pyridine rings is 1. The minimum atomic E-state index is -0.126. The molecule has 0 saturated heterocycles. The third kappa shape index (κ3) is 2.81. The topological polar surface area (TPSA) is 68.0 Å². The van der Waals surface area contributed by atoms with E-state index >= 15 is 0 Å². The van der Waals surface area contributed by atoms with Crippen LogP contribution in [0.1, 0.15) is 22.8 Å². The van der Waals surface area contributed by atoms with Gasteiger partial charge in [0.15, 0.2) is 0 Å². The van der Waals surface area contributed by atoms with Gasteiger partial charge in [0.1, 0.15) is 0 Å². The number of amides is 1. The number of nitrogens with two attached hydrogens (primary N) is 1. The molecular weight excluding hydrogens is 178 g/mol. The Bertz CT molecular complexity index is 325. The number of carbonyl (C=O) groups excluding carboxylic acids is 1. The van der Waals surface area contributed by atoms with Crippen molar-refractivity contribution in [1.82, 2.24) is 10.3 Å². The molecule has 4 heteroatoms. The minimum absolute atomic E-state index is 0.0111. The maximum atomic E-state index is 11.6. The van der Waals surface area contributed by atoms with E-state index in [1.54, 1.807) is 18.5 Å². The van der Waals surface area contributed by atoms with E-state index in [0.717, 1.165) is 5.56 Å². The Morgan fingerprint density at radius 2 is 2.36 bits per heavy atom. The monoisotopic (exact) mass is 193 g/mol. The van der Waals surface area contributed by atoms with Crippen LogP contribution in [0.15, 0.2) is 18.5 Å². The van der Waals surface area contributed by atoms with Crippen LogP contribution in [-0.2, 0) is 0 Å². The van der Waals surface area contributed by atoms with Crippen molar-refractivity contribution in [2.24, 2.45) is 5.73 Å². The fourth-order valence-corrected chi connectivity index (χ4v) is 1.05. The van der Waals surface area contributed by atoms with E-state index in [1.807, 2.05) is 13.8 Å². The van der Waals surface area contributed by atoms with Crippen molar-refractivity contribution in [3.8, 4) is 0 Å². The Hall–Kier alpha value is -1.42. The summed E-state index contributed by atoms with van der Waals surface area (Å²) in [6, 6.07) is 1.79. The Kier molecular flexibility index (Phi) is 3.59. The lowest BCUT2D eigenvalue weighted by Gasteiger charge is -2.10. The molecule has 0 aliphatic rings. The smallest absolute Gasteiger partial charge is 0.253 e. The molecule has 4 nitrogen and oxygen atoms in total. The molecule has 1 aromatic heterocycles. The lowest BCUT2D eigenvalue weighted by atomic mass is 10.2. The zero-order valence-electron chi connectivity index (χ0n) is 8.45. The fraction of sp³-hybridized carbons (Fsp3) is 0.400. The molecule has 76 valence electrons. The van der Waals surface area contributed by atoms with Crippen molar-refractivity contribution >= 4 is 5.91 Å². The first kappa shape index (κ1) is 10.7. The number of nitrogens with one attached hydrogen (secondary N) is 1. The minimum Gasteiger partial charge on any atom is -0.348 e. The van der Waals surface area contributed by atoms with Crippen molar-refractivity contribution in [3.05, 3.63) is 29.6 Å². The lowest BCUT2D eigenvalue weighted by Crippen LogP contribution is -2.37. The second-order valence-corrected chi connectivity index (χ2v) is 3.36. The van der Waals surface area contributed by atoms with Crippen LogP contribution < -0.4 is 11.1 Å². The van der Waals surface area contributed by atoms with Gasteiger partial charge in [0.05, 0.1) is 5.56 Å². The SMILES string of the molecule is Cc1cncc(C(=O)N[C@H](C)CN)c1. The van der Waals surface area contributed by atoms with Gasteiger partial charge in [-0.25, -0.2) is 0 Å². The summed E-state index contributed by atoms with van der Waals surface area (Å²) in [6.07, 6.45) is 3.26.